The third kappa shape index (κ3) is 3.79. The normalized spacial score (nSPS) is 10.6. The molecule has 0 bridgehead atoms. The Kier molecular flexibility index (Phi) is 5.29. The van der Waals surface area contributed by atoms with Crippen molar-refractivity contribution in [1.82, 2.24) is 19.7 Å². The minimum absolute atomic E-state index is 0.389. The molecule has 0 fully saturated rings. The fourth-order valence-electron chi connectivity index (χ4n) is 1.74. The highest BCUT2D eigenvalue weighted by Crippen LogP contribution is 2.20. The van der Waals surface area contributed by atoms with Gasteiger partial charge in [0.05, 0.1) is 18.4 Å². The molecule has 2 aromatic rings. The van der Waals surface area contributed by atoms with Crippen LogP contribution in [0.4, 0.5) is 0 Å². The van der Waals surface area contributed by atoms with Crippen LogP contribution in [0.3, 0.4) is 0 Å². The predicted octanol–water partition coefficient (Wildman–Crippen LogP) is 1.02. The van der Waals surface area contributed by atoms with E-state index < -0.39 is 0 Å². The lowest BCUT2D eigenvalue weighted by Crippen LogP contribution is -2.12. The summed E-state index contributed by atoms with van der Waals surface area (Å²) in [5, 5.41) is 8.99. The first-order chi connectivity index (χ1) is 10.2. The zero-order valence-corrected chi connectivity index (χ0v) is 12.8. The van der Waals surface area contributed by atoms with E-state index in [1.54, 1.807) is 12.1 Å². The lowest BCUT2D eigenvalue weighted by Gasteiger charge is -2.06. The number of pyridine rings is 1. The molecule has 0 saturated heterocycles. The maximum Gasteiger partial charge on any atom is 0.339 e. The first-order valence-corrected chi connectivity index (χ1v) is 7.40. The summed E-state index contributed by atoms with van der Waals surface area (Å²) in [5.41, 5.74) is 6.87. The Morgan fingerprint density at radius 3 is 2.86 bits per heavy atom. The first kappa shape index (κ1) is 15.5. The molecule has 21 heavy (non-hydrogen) atoms. The molecule has 2 aromatic heterocycles. The number of nitrogens with zero attached hydrogens (tertiary/aromatic N) is 4. The van der Waals surface area contributed by atoms with Gasteiger partial charge < -0.3 is 15.0 Å². The van der Waals surface area contributed by atoms with E-state index in [-0.39, 0.29) is 5.97 Å². The van der Waals surface area contributed by atoms with E-state index >= 15 is 0 Å². The van der Waals surface area contributed by atoms with Gasteiger partial charge >= 0.3 is 5.97 Å². The van der Waals surface area contributed by atoms with Crippen molar-refractivity contribution in [3.8, 4) is 0 Å². The van der Waals surface area contributed by atoms with E-state index in [0.717, 1.165) is 16.7 Å². The van der Waals surface area contributed by atoms with E-state index in [0.29, 0.717) is 24.4 Å². The van der Waals surface area contributed by atoms with Gasteiger partial charge in [-0.1, -0.05) is 11.8 Å². The molecule has 0 unspecified atom stereocenters. The van der Waals surface area contributed by atoms with Crippen molar-refractivity contribution in [2.24, 2.45) is 5.73 Å². The molecule has 0 aliphatic rings. The fraction of sp³-hybridized carbons (Fsp3) is 0.385. The molecule has 112 valence electrons. The highest BCUT2D eigenvalue weighted by Gasteiger charge is 2.10. The van der Waals surface area contributed by atoms with Crippen molar-refractivity contribution in [1.29, 1.82) is 0 Å². The number of esters is 1. The van der Waals surface area contributed by atoms with Gasteiger partial charge in [0, 0.05) is 25.0 Å². The second-order valence-corrected chi connectivity index (χ2v) is 5.23. The molecule has 0 saturated carbocycles. The number of thioether (sulfide) groups is 1. The smallest absolute Gasteiger partial charge is 0.339 e. The number of ether oxygens (including phenoxy) is 1. The molecule has 0 atom stereocenters. The van der Waals surface area contributed by atoms with E-state index in [1.807, 2.05) is 11.5 Å². The Morgan fingerprint density at radius 1 is 1.43 bits per heavy atom. The van der Waals surface area contributed by atoms with Crippen LogP contribution in [-0.4, -0.2) is 39.4 Å². The number of nitrogens with two attached hydrogens (primary N) is 1. The third-order valence-corrected chi connectivity index (χ3v) is 3.85. The average molecular weight is 307 g/mol. The van der Waals surface area contributed by atoms with Gasteiger partial charge in [-0.15, -0.1) is 10.2 Å². The van der Waals surface area contributed by atoms with Crippen LogP contribution in [-0.2, 0) is 17.0 Å². The van der Waals surface area contributed by atoms with Crippen LogP contribution >= 0.6 is 11.8 Å². The highest BCUT2D eigenvalue weighted by atomic mass is 32.2. The molecular weight excluding hydrogens is 290 g/mol. The summed E-state index contributed by atoms with van der Waals surface area (Å²) in [7, 11) is 1.35. The van der Waals surface area contributed by atoms with Crippen molar-refractivity contribution >= 4 is 17.7 Å². The number of rotatable bonds is 6. The van der Waals surface area contributed by atoms with Crippen molar-refractivity contribution in [2.75, 3.05) is 13.7 Å². The Hall–Kier alpha value is -1.93. The summed E-state index contributed by atoms with van der Waals surface area (Å²) in [6.45, 7) is 3.13. The zero-order valence-electron chi connectivity index (χ0n) is 11.9. The van der Waals surface area contributed by atoms with Gasteiger partial charge in [-0.3, -0.25) is 4.98 Å². The van der Waals surface area contributed by atoms with E-state index in [4.69, 9.17) is 5.73 Å². The van der Waals surface area contributed by atoms with Gasteiger partial charge in [0.2, 0.25) is 0 Å². The summed E-state index contributed by atoms with van der Waals surface area (Å²) in [6.07, 6.45) is 1.51. The highest BCUT2D eigenvalue weighted by molar-refractivity contribution is 7.98. The number of methoxy groups -OCH3 is 1. The van der Waals surface area contributed by atoms with Gasteiger partial charge in [-0.2, -0.15) is 0 Å². The van der Waals surface area contributed by atoms with Gasteiger partial charge in [0.15, 0.2) is 5.16 Å². The van der Waals surface area contributed by atoms with Gasteiger partial charge in [-0.25, -0.2) is 4.79 Å². The summed E-state index contributed by atoms with van der Waals surface area (Å²) in [5.74, 6) is 1.10. The lowest BCUT2D eigenvalue weighted by molar-refractivity contribution is 0.0600. The molecule has 7 nitrogen and oxygen atoms in total. The van der Waals surface area contributed by atoms with Crippen LogP contribution in [0.1, 0.15) is 21.9 Å². The largest absolute Gasteiger partial charge is 0.465 e. The quantitative estimate of drug-likeness (QED) is 0.628. The van der Waals surface area contributed by atoms with E-state index in [9.17, 15) is 4.79 Å². The zero-order chi connectivity index (χ0) is 15.2. The van der Waals surface area contributed by atoms with Crippen molar-refractivity contribution in [3.05, 3.63) is 35.4 Å². The van der Waals surface area contributed by atoms with Crippen LogP contribution < -0.4 is 5.73 Å². The summed E-state index contributed by atoms with van der Waals surface area (Å²) < 4.78 is 6.61. The van der Waals surface area contributed by atoms with Crippen molar-refractivity contribution < 1.29 is 9.53 Å². The van der Waals surface area contributed by atoms with E-state index in [1.165, 1.54) is 25.1 Å². The summed E-state index contributed by atoms with van der Waals surface area (Å²) >= 11 is 1.54. The molecule has 0 aromatic carbocycles. The maximum atomic E-state index is 11.3. The molecule has 0 aliphatic carbocycles. The van der Waals surface area contributed by atoms with Crippen molar-refractivity contribution in [2.45, 2.75) is 24.4 Å². The summed E-state index contributed by atoms with van der Waals surface area (Å²) in [6, 6.07) is 3.50. The third-order valence-electron chi connectivity index (χ3n) is 2.85. The minimum Gasteiger partial charge on any atom is -0.465 e. The molecular formula is C13H17N5O2S. The Bertz CT molecular complexity index is 612. The first-order valence-electron chi connectivity index (χ1n) is 6.41. The summed E-state index contributed by atoms with van der Waals surface area (Å²) in [4.78, 5) is 15.6. The number of carbonyl (C=O) groups excluding carboxylic acids is 1. The van der Waals surface area contributed by atoms with E-state index in [2.05, 4.69) is 19.9 Å². The van der Waals surface area contributed by atoms with Crippen LogP contribution in [0.2, 0.25) is 0 Å². The lowest BCUT2D eigenvalue weighted by atomic mass is 10.2. The second kappa shape index (κ2) is 7.19. The molecule has 8 heteroatoms. The Morgan fingerprint density at radius 2 is 2.24 bits per heavy atom. The SMILES string of the molecule is COC(=O)c1ccc(CSc2nnc(C)n2CCN)nc1. The van der Waals surface area contributed by atoms with Crippen LogP contribution in [0.25, 0.3) is 0 Å². The van der Waals surface area contributed by atoms with Gasteiger partial charge in [0.1, 0.15) is 5.82 Å². The fourth-order valence-corrected chi connectivity index (χ4v) is 2.67. The molecule has 0 amide bonds. The molecule has 0 aliphatic heterocycles. The molecule has 0 spiro atoms. The van der Waals surface area contributed by atoms with Crippen LogP contribution in [0, 0.1) is 6.92 Å². The topological polar surface area (TPSA) is 95.9 Å². The predicted molar refractivity (Wildman–Crippen MR) is 79.0 cm³/mol. The average Bonchev–Trinajstić information content (AvgIpc) is 2.86. The molecule has 0 radical (unpaired) electrons. The second-order valence-electron chi connectivity index (χ2n) is 4.29. The van der Waals surface area contributed by atoms with Gasteiger partial charge in [0.25, 0.3) is 0 Å². The number of hydrogen-bond donors (Lipinski definition) is 1. The van der Waals surface area contributed by atoms with Gasteiger partial charge in [-0.05, 0) is 19.1 Å². The molecule has 2 N–H and O–H groups in total. The van der Waals surface area contributed by atoms with Crippen LogP contribution in [0.15, 0.2) is 23.5 Å². The van der Waals surface area contributed by atoms with Crippen molar-refractivity contribution in [3.63, 3.8) is 0 Å². The number of carbonyl (C=O) groups is 1. The maximum absolute atomic E-state index is 11.3. The number of aryl methyl sites for hydroxylation is 1. The molecule has 2 heterocycles. The number of hydrogen-bond acceptors (Lipinski definition) is 7. The monoisotopic (exact) mass is 307 g/mol. The standard InChI is InChI=1S/C13H17N5O2S/c1-9-16-17-13(18(9)6-5-14)21-8-11-4-3-10(7-15-11)12(19)20-2/h3-4,7H,5-6,8,14H2,1-2H3. The molecule has 2 rings (SSSR count). The number of aromatic nitrogens is 4. The minimum atomic E-state index is -0.389. The Labute approximate surface area is 126 Å². The van der Waals surface area contributed by atoms with Crippen LogP contribution in [0.5, 0.6) is 0 Å². The Balaban J connectivity index is 2.01.